The molecule has 17 heavy (non-hydrogen) atoms. The molecule has 1 saturated heterocycles. The van der Waals surface area contributed by atoms with Crippen molar-refractivity contribution in [3.63, 3.8) is 0 Å². The molecule has 0 aromatic carbocycles. The van der Waals surface area contributed by atoms with Gasteiger partial charge in [-0.3, -0.25) is 14.5 Å². The molecular formula is C12H17NO4. The lowest BCUT2D eigenvalue weighted by atomic mass is 9.88. The van der Waals surface area contributed by atoms with Gasteiger partial charge in [0.05, 0.1) is 0 Å². The molecule has 0 aromatic heterocycles. The Morgan fingerprint density at radius 2 is 1.82 bits per heavy atom. The molecule has 1 heterocycles. The van der Waals surface area contributed by atoms with Crippen LogP contribution in [-0.4, -0.2) is 33.3 Å². The second-order valence-electron chi connectivity index (χ2n) is 5.15. The molecule has 1 aliphatic carbocycles. The number of hydrogen-bond donors (Lipinski definition) is 1. The van der Waals surface area contributed by atoms with Crippen LogP contribution in [0, 0.1) is 11.8 Å². The van der Waals surface area contributed by atoms with Crippen LogP contribution in [0.15, 0.2) is 0 Å². The fourth-order valence-corrected chi connectivity index (χ4v) is 2.80. The van der Waals surface area contributed by atoms with Crippen LogP contribution in [0.1, 0.15) is 39.5 Å². The van der Waals surface area contributed by atoms with Gasteiger partial charge in [0.1, 0.15) is 5.54 Å². The minimum absolute atomic E-state index is 0.150. The van der Waals surface area contributed by atoms with Crippen molar-refractivity contribution in [1.29, 1.82) is 0 Å². The second-order valence-corrected chi connectivity index (χ2v) is 5.15. The summed E-state index contributed by atoms with van der Waals surface area (Å²) in [7, 11) is 0. The van der Waals surface area contributed by atoms with E-state index in [-0.39, 0.29) is 30.1 Å². The Morgan fingerprint density at radius 3 is 2.18 bits per heavy atom. The molecule has 3 unspecified atom stereocenters. The number of carbonyl (C=O) groups excluding carboxylic acids is 2. The molecule has 2 rings (SSSR count). The van der Waals surface area contributed by atoms with Gasteiger partial charge in [-0.15, -0.1) is 0 Å². The molecule has 1 N–H and O–H groups in total. The monoisotopic (exact) mass is 239 g/mol. The van der Waals surface area contributed by atoms with Gasteiger partial charge in [-0.25, -0.2) is 4.79 Å². The fourth-order valence-electron chi connectivity index (χ4n) is 2.80. The van der Waals surface area contributed by atoms with Gasteiger partial charge in [-0.2, -0.15) is 0 Å². The summed E-state index contributed by atoms with van der Waals surface area (Å²) >= 11 is 0. The number of amides is 2. The van der Waals surface area contributed by atoms with Crippen molar-refractivity contribution in [2.24, 2.45) is 11.8 Å². The molecule has 0 radical (unpaired) electrons. The molecule has 94 valence electrons. The van der Waals surface area contributed by atoms with Crippen LogP contribution in [0.25, 0.3) is 0 Å². The number of carbonyl (C=O) groups is 3. The standard InChI is InChI=1S/C12H17NO4/c1-3-12(2,11(16)17)13-9(14)7-4-5-8(6-7)10(13)15/h7-8H,3-6H2,1-2H3,(H,16,17). The summed E-state index contributed by atoms with van der Waals surface area (Å²) in [5, 5.41) is 9.27. The Labute approximate surface area is 99.8 Å². The van der Waals surface area contributed by atoms with Crippen LogP contribution >= 0.6 is 0 Å². The topological polar surface area (TPSA) is 74.7 Å². The average molecular weight is 239 g/mol. The highest BCUT2D eigenvalue weighted by molar-refractivity contribution is 6.05. The molecule has 1 saturated carbocycles. The SMILES string of the molecule is CCC(C)(C(=O)O)N1C(=O)C2CCC(C2)C1=O. The molecule has 0 aromatic rings. The number of carboxylic acid groups (broad SMARTS) is 1. The third-order valence-corrected chi connectivity index (χ3v) is 4.21. The van der Waals surface area contributed by atoms with Gasteiger partial charge in [0.25, 0.3) is 0 Å². The predicted molar refractivity (Wildman–Crippen MR) is 59.0 cm³/mol. The lowest BCUT2D eigenvalue weighted by molar-refractivity contribution is -0.171. The summed E-state index contributed by atoms with van der Waals surface area (Å²) in [6, 6.07) is 0. The van der Waals surface area contributed by atoms with E-state index in [1.807, 2.05) is 0 Å². The summed E-state index contributed by atoms with van der Waals surface area (Å²) < 4.78 is 0. The van der Waals surface area contributed by atoms with E-state index in [1.165, 1.54) is 6.92 Å². The van der Waals surface area contributed by atoms with Crippen LogP contribution in [-0.2, 0) is 14.4 Å². The minimum Gasteiger partial charge on any atom is -0.479 e. The van der Waals surface area contributed by atoms with Gasteiger partial charge >= 0.3 is 5.97 Å². The maximum absolute atomic E-state index is 12.1. The fraction of sp³-hybridized carbons (Fsp3) is 0.750. The normalized spacial score (nSPS) is 31.5. The Bertz CT molecular complexity index is 370. The number of rotatable bonds is 3. The maximum atomic E-state index is 12.1. The largest absolute Gasteiger partial charge is 0.479 e. The third-order valence-electron chi connectivity index (χ3n) is 4.21. The van der Waals surface area contributed by atoms with E-state index in [1.54, 1.807) is 6.92 Å². The molecule has 1 aliphatic heterocycles. The molecule has 0 spiro atoms. The summed E-state index contributed by atoms with van der Waals surface area (Å²) in [4.78, 5) is 36.6. The summed E-state index contributed by atoms with van der Waals surface area (Å²) in [6.45, 7) is 3.14. The van der Waals surface area contributed by atoms with E-state index < -0.39 is 11.5 Å². The second kappa shape index (κ2) is 3.82. The van der Waals surface area contributed by atoms with Gasteiger partial charge in [0.15, 0.2) is 0 Å². The highest BCUT2D eigenvalue weighted by Crippen LogP contribution is 2.41. The first-order valence-corrected chi connectivity index (χ1v) is 6.03. The Morgan fingerprint density at radius 1 is 1.35 bits per heavy atom. The van der Waals surface area contributed by atoms with Gasteiger partial charge in [0, 0.05) is 11.8 Å². The first-order valence-electron chi connectivity index (χ1n) is 6.03. The lowest BCUT2D eigenvalue weighted by Gasteiger charge is -2.40. The number of fused-ring (bicyclic) bond motifs is 2. The third kappa shape index (κ3) is 1.56. The van der Waals surface area contributed by atoms with Gasteiger partial charge < -0.3 is 5.11 Å². The molecular weight excluding hydrogens is 222 g/mol. The van der Waals surface area contributed by atoms with E-state index in [0.29, 0.717) is 19.3 Å². The molecule has 5 heteroatoms. The number of piperidine rings is 1. The van der Waals surface area contributed by atoms with Crippen LogP contribution in [0.3, 0.4) is 0 Å². The van der Waals surface area contributed by atoms with Crippen molar-refractivity contribution in [3.05, 3.63) is 0 Å². The van der Waals surface area contributed by atoms with Crippen molar-refractivity contribution in [3.8, 4) is 0 Å². The van der Waals surface area contributed by atoms with Crippen LogP contribution < -0.4 is 0 Å². The van der Waals surface area contributed by atoms with Crippen LogP contribution in [0.5, 0.6) is 0 Å². The van der Waals surface area contributed by atoms with Gasteiger partial charge in [-0.05, 0) is 32.6 Å². The number of likely N-dealkylation sites (tertiary alicyclic amines) is 1. The Kier molecular flexibility index (Phi) is 2.72. The maximum Gasteiger partial charge on any atom is 0.329 e. The van der Waals surface area contributed by atoms with Crippen molar-refractivity contribution >= 4 is 17.8 Å². The molecule has 2 bridgehead atoms. The highest BCUT2D eigenvalue weighted by atomic mass is 16.4. The number of nitrogens with zero attached hydrogens (tertiary/aromatic N) is 1. The molecule has 2 amide bonds. The molecule has 2 fully saturated rings. The van der Waals surface area contributed by atoms with Gasteiger partial charge in [0.2, 0.25) is 11.8 Å². The zero-order valence-electron chi connectivity index (χ0n) is 10.1. The quantitative estimate of drug-likeness (QED) is 0.746. The molecule has 5 nitrogen and oxygen atoms in total. The predicted octanol–water partition coefficient (Wildman–Crippen LogP) is 1.02. The summed E-state index contributed by atoms with van der Waals surface area (Å²) in [5.74, 6) is -2.00. The lowest BCUT2D eigenvalue weighted by Crippen LogP contribution is -2.61. The number of carboxylic acids is 1. The van der Waals surface area contributed by atoms with Crippen molar-refractivity contribution in [2.75, 3.05) is 0 Å². The summed E-state index contributed by atoms with van der Waals surface area (Å²) in [6.07, 6.45) is 2.27. The van der Waals surface area contributed by atoms with E-state index in [4.69, 9.17) is 0 Å². The molecule has 3 atom stereocenters. The smallest absolute Gasteiger partial charge is 0.329 e. The van der Waals surface area contributed by atoms with Crippen molar-refractivity contribution < 1.29 is 19.5 Å². The van der Waals surface area contributed by atoms with Crippen molar-refractivity contribution in [1.82, 2.24) is 4.90 Å². The van der Waals surface area contributed by atoms with Crippen LogP contribution in [0.2, 0.25) is 0 Å². The zero-order valence-corrected chi connectivity index (χ0v) is 10.1. The zero-order chi connectivity index (χ0) is 12.8. The average Bonchev–Trinajstić information content (AvgIpc) is 2.73. The number of imide groups is 1. The first-order chi connectivity index (χ1) is 7.91. The van der Waals surface area contributed by atoms with Crippen molar-refractivity contribution in [2.45, 2.75) is 45.1 Å². The van der Waals surface area contributed by atoms with E-state index >= 15 is 0 Å². The summed E-state index contributed by atoms with van der Waals surface area (Å²) in [5.41, 5.74) is -1.39. The minimum atomic E-state index is -1.39. The van der Waals surface area contributed by atoms with Crippen LogP contribution in [0.4, 0.5) is 0 Å². The number of aliphatic carboxylic acids is 1. The molecule has 2 aliphatic rings. The van der Waals surface area contributed by atoms with Gasteiger partial charge in [-0.1, -0.05) is 6.92 Å². The van der Waals surface area contributed by atoms with E-state index in [0.717, 1.165) is 4.90 Å². The number of hydrogen-bond acceptors (Lipinski definition) is 3. The van der Waals surface area contributed by atoms with E-state index in [2.05, 4.69) is 0 Å². The van der Waals surface area contributed by atoms with E-state index in [9.17, 15) is 19.5 Å². The highest BCUT2D eigenvalue weighted by Gasteiger charge is 2.53. The Hall–Kier alpha value is -1.39. The Balaban J connectivity index is 2.40. The first kappa shape index (κ1) is 12.1.